The zero-order valence-electron chi connectivity index (χ0n) is 25.6. The van der Waals surface area contributed by atoms with Crippen LogP contribution in [0.4, 0.5) is 5.69 Å². The summed E-state index contributed by atoms with van der Waals surface area (Å²) in [5.41, 5.74) is 2.55. The smallest absolute Gasteiger partial charge is 0.264 e. The van der Waals surface area contributed by atoms with Crippen molar-refractivity contribution in [3.05, 3.63) is 130 Å². The van der Waals surface area contributed by atoms with Gasteiger partial charge in [-0.1, -0.05) is 114 Å². The van der Waals surface area contributed by atoms with Gasteiger partial charge in [0.2, 0.25) is 11.8 Å². The van der Waals surface area contributed by atoms with Gasteiger partial charge in [-0.15, -0.1) is 0 Å². The average molecular weight is 679 g/mol. The Kier molecular flexibility index (Phi) is 11.0. The van der Waals surface area contributed by atoms with Crippen LogP contribution in [0.2, 0.25) is 10.0 Å². The molecule has 1 N–H and O–H groups in total. The van der Waals surface area contributed by atoms with E-state index in [0.29, 0.717) is 10.6 Å². The van der Waals surface area contributed by atoms with E-state index in [1.807, 2.05) is 43.3 Å². The van der Waals surface area contributed by atoms with E-state index in [9.17, 15) is 18.0 Å². The third-order valence-electron chi connectivity index (χ3n) is 8.28. The first-order chi connectivity index (χ1) is 22.1. The highest BCUT2D eigenvalue weighted by Gasteiger charge is 2.36. The molecule has 240 valence electrons. The summed E-state index contributed by atoms with van der Waals surface area (Å²) in [6.07, 6.45) is 4.03. The minimum absolute atomic E-state index is 0.00493. The number of aryl methyl sites for hydroxylation is 1. The quantitative estimate of drug-likeness (QED) is 0.172. The lowest BCUT2D eigenvalue weighted by Gasteiger charge is -2.34. The third kappa shape index (κ3) is 8.10. The molecule has 4 aromatic carbocycles. The molecule has 10 heteroatoms. The standard InChI is InChI=1S/C36H37Cl2N3O4S/c1-26-19-21-30(22-20-26)46(44,45)41(33-18-10-9-17-32(33)38)25-35(42)40(24-28-13-5-8-16-31(28)37)34(23-27-11-3-2-4-12-27)36(43)39-29-14-6-7-15-29/h2-5,8-13,16-22,29,34H,6-7,14-15,23-25H2,1H3,(H,39,43). The fourth-order valence-corrected chi connectivity index (χ4v) is 7.65. The minimum Gasteiger partial charge on any atom is -0.352 e. The second-order valence-corrected chi connectivity index (χ2v) is 14.3. The van der Waals surface area contributed by atoms with E-state index in [2.05, 4.69) is 5.32 Å². The molecule has 1 atom stereocenters. The monoisotopic (exact) mass is 677 g/mol. The molecule has 5 rings (SSSR count). The lowest BCUT2D eigenvalue weighted by atomic mass is 10.0. The molecule has 0 saturated heterocycles. The lowest BCUT2D eigenvalue weighted by molar-refractivity contribution is -0.140. The molecule has 0 aliphatic heterocycles. The summed E-state index contributed by atoms with van der Waals surface area (Å²) < 4.78 is 29.4. The summed E-state index contributed by atoms with van der Waals surface area (Å²) in [4.78, 5) is 30.2. The van der Waals surface area contributed by atoms with Crippen LogP contribution in [0.15, 0.2) is 108 Å². The number of amides is 2. The van der Waals surface area contributed by atoms with Crippen molar-refractivity contribution in [3.63, 3.8) is 0 Å². The molecule has 1 saturated carbocycles. The third-order valence-corrected chi connectivity index (χ3v) is 10.7. The van der Waals surface area contributed by atoms with E-state index < -0.39 is 28.5 Å². The zero-order chi connectivity index (χ0) is 32.7. The highest BCUT2D eigenvalue weighted by molar-refractivity contribution is 7.92. The molecule has 1 unspecified atom stereocenters. The molecule has 1 aliphatic carbocycles. The Morgan fingerprint density at radius 2 is 1.43 bits per heavy atom. The molecule has 7 nitrogen and oxygen atoms in total. The molecule has 2 amide bonds. The minimum atomic E-state index is -4.25. The molecular weight excluding hydrogens is 641 g/mol. The molecule has 0 radical (unpaired) electrons. The van der Waals surface area contributed by atoms with Crippen LogP contribution in [0.25, 0.3) is 0 Å². The maximum atomic E-state index is 14.6. The lowest BCUT2D eigenvalue weighted by Crippen LogP contribution is -2.54. The predicted octanol–water partition coefficient (Wildman–Crippen LogP) is 7.20. The van der Waals surface area contributed by atoms with Crippen LogP contribution in [0.5, 0.6) is 0 Å². The van der Waals surface area contributed by atoms with E-state index in [-0.39, 0.29) is 40.5 Å². The van der Waals surface area contributed by atoms with Crippen molar-refractivity contribution in [1.29, 1.82) is 0 Å². The fourth-order valence-electron chi connectivity index (χ4n) is 5.74. The number of nitrogens with zero attached hydrogens (tertiary/aromatic N) is 2. The van der Waals surface area contributed by atoms with Gasteiger partial charge in [-0.3, -0.25) is 13.9 Å². The molecule has 1 fully saturated rings. The summed E-state index contributed by atoms with van der Waals surface area (Å²) in [6, 6.07) is 28.6. The number of hydrogen-bond donors (Lipinski definition) is 1. The number of para-hydroxylation sites is 1. The van der Waals surface area contributed by atoms with Gasteiger partial charge in [0.25, 0.3) is 10.0 Å². The highest BCUT2D eigenvalue weighted by atomic mass is 35.5. The van der Waals surface area contributed by atoms with Gasteiger partial charge in [0, 0.05) is 24.0 Å². The maximum Gasteiger partial charge on any atom is 0.264 e. The molecule has 0 aromatic heterocycles. The Morgan fingerprint density at radius 1 is 0.826 bits per heavy atom. The number of rotatable bonds is 12. The van der Waals surface area contributed by atoms with Crippen LogP contribution >= 0.6 is 23.2 Å². The molecule has 0 heterocycles. The van der Waals surface area contributed by atoms with Gasteiger partial charge in [0.1, 0.15) is 12.6 Å². The first kappa shape index (κ1) is 33.5. The SMILES string of the molecule is Cc1ccc(S(=O)(=O)N(CC(=O)N(Cc2ccccc2Cl)C(Cc2ccccc2)C(=O)NC2CCCC2)c2ccccc2Cl)cc1. The number of carbonyl (C=O) groups excluding carboxylic acids is 2. The molecular formula is C36H37Cl2N3O4S. The average Bonchev–Trinajstić information content (AvgIpc) is 3.56. The van der Waals surface area contributed by atoms with Crippen LogP contribution < -0.4 is 9.62 Å². The summed E-state index contributed by atoms with van der Waals surface area (Å²) in [7, 11) is -4.25. The Balaban J connectivity index is 1.58. The number of benzene rings is 4. The van der Waals surface area contributed by atoms with Crippen molar-refractivity contribution in [2.75, 3.05) is 10.8 Å². The second-order valence-electron chi connectivity index (χ2n) is 11.6. The highest BCUT2D eigenvalue weighted by Crippen LogP contribution is 2.31. The van der Waals surface area contributed by atoms with Crippen molar-refractivity contribution in [2.45, 2.75) is 62.6 Å². The predicted molar refractivity (Wildman–Crippen MR) is 183 cm³/mol. The first-order valence-corrected chi connectivity index (χ1v) is 17.5. The van der Waals surface area contributed by atoms with Crippen LogP contribution in [0, 0.1) is 6.92 Å². The van der Waals surface area contributed by atoms with E-state index in [1.165, 1.54) is 17.0 Å². The summed E-state index contributed by atoms with van der Waals surface area (Å²) in [6.45, 7) is 1.27. The normalized spacial score (nSPS) is 14.1. The Hall–Kier alpha value is -3.85. The van der Waals surface area contributed by atoms with Crippen LogP contribution in [0.1, 0.15) is 42.4 Å². The van der Waals surface area contributed by atoms with Gasteiger partial charge >= 0.3 is 0 Å². The summed E-state index contributed by atoms with van der Waals surface area (Å²) in [5, 5.41) is 3.78. The molecule has 4 aromatic rings. The number of sulfonamides is 1. The Morgan fingerprint density at radius 3 is 2.09 bits per heavy atom. The number of hydrogen-bond acceptors (Lipinski definition) is 4. The van der Waals surface area contributed by atoms with Crippen molar-refractivity contribution in [3.8, 4) is 0 Å². The van der Waals surface area contributed by atoms with Crippen molar-refractivity contribution < 1.29 is 18.0 Å². The molecule has 0 bridgehead atoms. The van der Waals surface area contributed by atoms with E-state index in [1.54, 1.807) is 54.6 Å². The van der Waals surface area contributed by atoms with Crippen molar-refractivity contribution in [2.24, 2.45) is 0 Å². The molecule has 1 aliphatic rings. The second kappa shape index (κ2) is 15.2. The van der Waals surface area contributed by atoms with Crippen molar-refractivity contribution >= 4 is 50.7 Å². The van der Waals surface area contributed by atoms with Gasteiger partial charge in [-0.05, 0) is 61.2 Å². The molecule has 46 heavy (non-hydrogen) atoms. The Labute approximate surface area is 281 Å². The molecule has 0 spiro atoms. The van der Waals surface area contributed by atoms with E-state index in [0.717, 1.165) is 41.1 Å². The van der Waals surface area contributed by atoms with Gasteiger partial charge in [-0.2, -0.15) is 0 Å². The number of halogens is 2. The first-order valence-electron chi connectivity index (χ1n) is 15.3. The number of nitrogens with one attached hydrogen (secondary N) is 1. The topological polar surface area (TPSA) is 86.8 Å². The van der Waals surface area contributed by atoms with Crippen LogP contribution in [-0.4, -0.2) is 43.8 Å². The number of anilines is 1. The fraction of sp³-hybridized carbons (Fsp3) is 0.278. The van der Waals surface area contributed by atoms with Crippen LogP contribution in [-0.2, 0) is 32.6 Å². The van der Waals surface area contributed by atoms with Gasteiger partial charge in [0.15, 0.2) is 0 Å². The summed E-state index contributed by atoms with van der Waals surface area (Å²) in [5.74, 6) is -0.861. The van der Waals surface area contributed by atoms with Crippen LogP contribution in [0.3, 0.4) is 0 Å². The largest absolute Gasteiger partial charge is 0.352 e. The summed E-state index contributed by atoms with van der Waals surface area (Å²) >= 11 is 13.1. The zero-order valence-corrected chi connectivity index (χ0v) is 27.9. The van der Waals surface area contributed by atoms with Gasteiger partial charge in [-0.25, -0.2) is 8.42 Å². The Bertz CT molecular complexity index is 1760. The maximum absolute atomic E-state index is 14.6. The van der Waals surface area contributed by atoms with Gasteiger partial charge in [0.05, 0.1) is 15.6 Å². The van der Waals surface area contributed by atoms with E-state index in [4.69, 9.17) is 23.2 Å². The number of carbonyl (C=O) groups is 2. The van der Waals surface area contributed by atoms with E-state index >= 15 is 0 Å². The van der Waals surface area contributed by atoms with Gasteiger partial charge < -0.3 is 10.2 Å². The van der Waals surface area contributed by atoms with Crippen molar-refractivity contribution in [1.82, 2.24) is 10.2 Å².